The predicted octanol–water partition coefficient (Wildman–Crippen LogP) is 23.6. The molecule has 0 N–H and O–H groups in total. The lowest BCUT2D eigenvalue weighted by Crippen LogP contribution is -2.30. The van der Waals surface area contributed by atoms with Crippen LogP contribution in [0.1, 0.15) is 335 Å². The van der Waals surface area contributed by atoms with E-state index in [0.29, 0.717) is 19.3 Å². The first-order valence-electron chi connectivity index (χ1n) is 34.2. The molecular formula is C74H128O6. The summed E-state index contributed by atoms with van der Waals surface area (Å²) in [5.41, 5.74) is 0. The minimum absolute atomic E-state index is 0.0818. The van der Waals surface area contributed by atoms with Gasteiger partial charge in [0.15, 0.2) is 6.10 Å². The van der Waals surface area contributed by atoms with Crippen LogP contribution in [-0.4, -0.2) is 37.2 Å². The Morgan fingerprint density at radius 3 is 0.762 bits per heavy atom. The van der Waals surface area contributed by atoms with E-state index in [4.69, 9.17) is 14.2 Å². The second-order valence-electron chi connectivity index (χ2n) is 22.7. The van der Waals surface area contributed by atoms with Gasteiger partial charge in [-0.05, 0) is 83.5 Å². The van der Waals surface area contributed by atoms with Crippen LogP contribution in [0.15, 0.2) is 97.2 Å². The summed E-state index contributed by atoms with van der Waals surface area (Å²) < 4.78 is 16.9. The van der Waals surface area contributed by atoms with Gasteiger partial charge in [-0.25, -0.2) is 0 Å². The molecule has 0 amide bonds. The summed E-state index contributed by atoms with van der Waals surface area (Å²) in [7, 11) is 0. The summed E-state index contributed by atoms with van der Waals surface area (Å²) >= 11 is 0. The van der Waals surface area contributed by atoms with Crippen LogP contribution in [0, 0.1) is 0 Å². The third kappa shape index (κ3) is 65.1. The highest BCUT2D eigenvalue weighted by atomic mass is 16.6. The molecular weight excluding hydrogens is 985 g/mol. The van der Waals surface area contributed by atoms with Crippen molar-refractivity contribution >= 4 is 17.9 Å². The van der Waals surface area contributed by atoms with Crippen LogP contribution >= 0.6 is 0 Å². The molecule has 0 fully saturated rings. The summed E-state index contributed by atoms with van der Waals surface area (Å²) in [6, 6.07) is 0. The Morgan fingerprint density at radius 2 is 0.487 bits per heavy atom. The Kier molecular flexibility index (Phi) is 64.7. The van der Waals surface area contributed by atoms with Gasteiger partial charge in [-0.1, -0.05) is 330 Å². The molecule has 0 aliphatic rings. The molecule has 0 heterocycles. The van der Waals surface area contributed by atoms with E-state index in [1.54, 1.807) is 0 Å². The second kappa shape index (κ2) is 67.8. The molecule has 0 aromatic heterocycles. The maximum atomic E-state index is 12.9. The van der Waals surface area contributed by atoms with E-state index in [0.717, 1.165) is 122 Å². The van der Waals surface area contributed by atoms with Gasteiger partial charge in [-0.3, -0.25) is 14.4 Å². The van der Waals surface area contributed by atoms with E-state index >= 15 is 0 Å². The Morgan fingerprint density at radius 1 is 0.263 bits per heavy atom. The fourth-order valence-corrected chi connectivity index (χ4v) is 9.76. The fourth-order valence-electron chi connectivity index (χ4n) is 9.76. The molecule has 0 aliphatic heterocycles. The van der Waals surface area contributed by atoms with Crippen LogP contribution in [-0.2, 0) is 28.6 Å². The lowest BCUT2D eigenvalue weighted by Gasteiger charge is -2.18. The number of carbonyl (C=O) groups is 3. The van der Waals surface area contributed by atoms with Crippen LogP contribution in [0.25, 0.3) is 0 Å². The number of rotatable bonds is 62. The van der Waals surface area contributed by atoms with Gasteiger partial charge >= 0.3 is 17.9 Å². The molecule has 6 nitrogen and oxygen atoms in total. The molecule has 1 atom stereocenters. The van der Waals surface area contributed by atoms with Crippen LogP contribution in [0.3, 0.4) is 0 Å². The highest BCUT2D eigenvalue weighted by molar-refractivity contribution is 5.71. The molecule has 6 heteroatoms. The van der Waals surface area contributed by atoms with Gasteiger partial charge in [0.2, 0.25) is 0 Å². The first-order chi connectivity index (χ1) is 39.5. The lowest BCUT2D eigenvalue weighted by molar-refractivity contribution is -0.167. The highest BCUT2D eigenvalue weighted by Gasteiger charge is 2.19. The summed E-state index contributed by atoms with van der Waals surface area (Å²) in [6.45, 7) is 6.53. The number of esters is 3. The first-order valence-corrected chi connectivity index (χ1v) is 34.2. The minimum Gasteiger partial charge on any atom is -0.462 e. The van der Waals surface area contributed by atoms with Crippen molar-refractivity contribution in [1.29, 1.82) is 0 Å². The van der Waals surface area contributed by atoms with Crippen molar-refractivity contribution in [3.63, 3.8) is 0 Å². The summed E-state index contributed by atoms with van der Waals surface area (Å²) in [4.78, 5) is 38.3. The van der Waals surface area contributed by atoms with Crippen molar-refractivity contribution in [2.45, 2.75) is 341 Å². The zero-order valence-corrected chi connectivity index (χ0v) is 52.8. The molecule has 0 aromatic carbocycles. The predicted molar refractivity (Wildman–Crippen MR) is 348 cm³/mol. The third-order valence-corrected chi connectivity index (χ3v) is 14.9. The molecule has 0 rings (SSSR count). The van der Waals surface area contributed by atoms with Gasteiger partial charge in [-0.2, -0.15) is 0 Å². The van der Waals surface area contributed by atoms with E-state index in [1.165, 1.54) is 173 Å². The van der Waals surface area contributed by atoms with Crippen molar-refractivity contribution in [2.75, 3.05) is 13.2 Å². The third-order valence-electron chi connectivity index (χ3n) is 14.9. The van der Waals surface area contributed by atoms with Crippen LogP contribution in [0.5, 0.6) is 0 Å². The average molecular weight is 1110 g/mol. The van der Waals surface area contributed by atoms with Gasteiger partial charge in [0.1, 0.15) is 13.2 Å². The van der Waals surface area contributed by atoms with Gasteiger partial charge < -0.3 is 14.2 Å². The largest absolute Gasteiger partial charge is 0.462 e. The fraction of sp³-hybridized carbons (Fsp3) is 0.743. The van der Waals surface area contributed by atoms with Crippen LogP contribution in [0.2, 0.25) is 0 Å². The van der Waals surface area contributed by atoms with E-state index in [2.05, 4.69) is 118 Å². The molecule has 0 saturated heterocycles. The monoisotopic (exact) mass is 1110 g/mol. The normalized spacial score (nSPS) is 12.7. The smallest absolute Gasteiger partial charge is 0.306 e. The van der Waals surface area contributed by atoms with Crippen LogP contribution < -0.4 is 0 Å². The summed E-state index contributed by atoms with van der Waals surface area (Å²) in [5, 5.41) is 0. The second-order valence-corrected chi connectivity index (χ2v) is 22.7. The zero-order valence-electron chi connectivity index (χ0n) is 52.8. The van der Waals surface area contributed by atoms with E-state index in [-0.39, 0.29) is 31.1 Å². The molecule has 0 spiro atoms. The Hall–Kier alpha value is -3.67. The van der Waals surface area contributed by atoms with E-state index in [1.807, 2.05) is 0 Å². The van der Waals surface area contributed by atoms with Gasteiger partial charge in [0.25, 0.3) is 0 Å². The quantitative estimate of drug-likeness (QED) is 0.0261. The summed E-state index contributed by atoms with van der Waals surface area (Å²) in [5.74, 6) is -0.896. The van der Waals surface area contributed by atoms with Crippen LogP contribution in [0.4, 0.5) is 0 Å². The molecule has 1 unspecified atom stereocenters. The van der Waals surface area contributed by atoms with Gasteiger partial charge in [0.05, 0.1) is 0 Å². The maximum absolute atomic E-state index is 12.9. The first kappa shape index (κ1) is 76.3. The highest BCUT2D eigenvalue weighted by Crippen LogP contribution is 2.17. The van der Waals surface area contributed by atoms with Crippen molar-refractivity contribution < 1.29 is 28.6 Å². The number of carbonyl (C=O) groups excluding carboxylic acids is 3. The van der Waals surface area contributed by atoms with Gasteiger partial charge in [-0.15, -0.1) is 0 Å². The number of ether oxygens (including phenoxy) is 3. The van der Waals surface area contributed by atoms with Crippen molar-refractivity contribution in [3.05, 3.63) is 97.2 Å². The SMILES string of the molecule is CC/C=C\C/C=C\C/C=C\C/C=C\C/C=C\C/C=C\C/C=C\C/C=C\CCCCCCC(=O)OCC(COC(=O)CCCCCCCCCCC)OC(=O)CCCCCCCCCCCCCCCCCCCCCCCCCC. The van der Waals surface area contributed by atoms with Crippen molar-refractivity contribution in [3.8, 4) is 0 Å². The van der Waals surface area contributed by atoms with Gasteiger partial charge in [0, 0.05) is 19.3 Å². The van der Waals surface area contributed by atoms with Crippen molar-refractivity contribution in [2.24, 2.45) is 0 Å². The molecule has 0 bridgehead atoms. The van der Waals surface area contributed by atoms with E-state index < -0.39 is 6.10 Å². The van der Waals surface area contributed by atoms with Crippen molar-refractivity contribution in [1.82, 2.24) is 0 Å². The summed E-state index contributed by atoms with van der Waals surface area (Å²) in [6.07, 6.45) is 91.6. The number of allylic oxidation sites excluding steroid dienone is 16. The van der Waals surface area contributed by atoms with E-state index in [9.17, 15) is 14.4 Å². The molecule has 80 heavy (non-hydrogen) atoms. The maximum Gasteiger partial charge on any atom is 0.306 e. The average Bonchev–Trinajstić information content (AvgIpc) is 3.46. The minimum atomic E-state index is -0.786. The number of unbranched alkanes of at least 4 members (excludes halogenated alkanes) is 35. The Labute approximate surface area is 496 Å². The zero-order chi connectivity index (χ0) is 57.8. The molecule has 0 aliphatic carbocycles. The molecule has 0 radical (unpaired) electrons. The Bertz CT molecular complexity index is 1560. The lowest BCUT2D eigenvalue weighted by atomic mass is 10.0. The number of hydrogen-bond acceptors (Lipinski definition) is 6. The molecule has 0 saturated carbocycles. The topological polar surface area (TPSA) is 78.9 Å². The molecule has 460 valence electrons. The molecule has 0 aromatic rings. The Balaban J connectivity index is 4.24. The standard InChI is InChI=1S/C74H128O6/c1-4-7-10-13-16-19-21-23-25-27-29-31-33-35-36-37-38-39-41-42-44-46-48-50-52-55-58-61-64-67-73(76)79-70-71(69-78-72(75)66-63-60-57-54-18-15-12-9-6-3)80-74(77)68-65-62-59-56-53-51-49-47-45-43-40-34-32-30-28-26-24-22-20-17-14-11-8-5-2/h7,10,16,19,23,25,29,31,35-36,38-39,42,44,48,50,71H,4-6,8-9,11-15,17-18,20-22,24,26-28,30,32-34,37,40-41,43,45-47,49,51-70H2,1-3H3/b10-7-,19-16-,25-23-,31-29-,36-35-,39-38-,44-42-,50-48-. The number of hydrogen-bond donors (Lipinski definition) is 0.